The number of aliphatic carboxylic acids is 1. The van der Waals surface area contributed by atoms with Crippen molar-refractivity contribution in [3.05, 3.63) is 83.4 Å². The summed E-state index contributed by atoms with van der Waals surface area (Å²) in [7, 11) is 2.90. The van der Waals surface area contributed by atoms with Crippen LogP contribution in [0.3, 0.4) is 0 Å². The van der Waals surface area contributed by atoms with E-state index >= 15 is 0 Å². The number of methoxy groups -OCH3 is 2. The van der Waals surface area contributed by atoms with Crippen molar-refractivity contribution in [2.45, 2.75) is 25.6 Å². The van der Waals surface area contributed by atoms with Crippen LogP contribution < -0.4 is 30.6 Å². The zero-order valence-corrected chi connectivity index (χ0v) is 20.8. The number of amidine groups is 1. The summed E-state index contributed by atoms with van der Waals surface area (Å²) in [5.41, 5.74) is 7.90. The maximum Gasteiger partial charge on any atom is 0.344 e. The molecular formula is C27H30N4O6. The van der Waals surface area contributed by atoms with E-state index in [9.17, 15) is 14.7 Å². The van der Waals surface area contributed by atoms with E-state index in [4.69, 9.17) is 25.4 Å². The number of ether oxygens (including phenoxy) is 3. The Morgan fingerprint density at radius 1 is 0.973 bits per heavy atom. The van der Waals surface area contributed by atoms with Crippen molar-refractivity contribution in [2.24, 2.45) is 5.73 Å². The van der Waals surface area contributed by atoms with E-state index in [0.717, 1.165) is 5.56 Å². The molecule has 0 bridgehead atoms. The monoisotopic (exact) mass is 506 g/mol. The largest absolute Gasteiger partial charge is 0.493 e. The first-order valence-corrected chi connectivity index (χ1v) is 11.4. The molecule has 0 aromatic heterocycles. The Kier molecular flexibility index (Phi) is 8.93. The third-order valence-corrected chi connectivity index (χ3v) is 5.56. The van der Waals surface area contributed by atoms with E-state index in [-0.39, 0.29) is 24.0 Å². The Balaban J connectivity index is 2.05. The van der Waals surface area contributed by atoms with Crippen LogP contribution in [0.5, 0.6) is 17.2 Å². The molecule has 6 N–H and O–H groups in total. The van der Waals surface area contributed by atoms with Crippen LogP contribution in [0.15, 0.2) is 66.7 Å². The van der Waals surface area contributed by atoms with Gasteiger partial charge < -0.3 is 35.7 Å². The highest BCUT2D eigenvalue weighted by Gasteiger charge is 2.28. The average Bonchev–Trinajstić information content (AvgIpc) is 2.91. The molecule has 1 amide bonds. The summed E-state index contributed by atoms with van der Waals surface area (Å²) in [6.07, 6.45) is -1.19. The van der Waals surface area contributed by atoms with Gasteiger partial charge in [-0.3, -0.25) is 10.2 Å². The van der Waals surface area contributed by atoms with Crippen molar-refractivity contribution in [3.63, 3.8) is 0 Å². The van der Waals surface area contributed by atoms with E-state index in [0.29, 0.717) is 28.3 Å². The minimum absolute atomic E-state index is 0.0815. The van der Waals surface area contributed by atoms with Gasteiger partial charge in [-0.1, -0.05) is 30.3 Å². The second-order valence-corrected chi connectivity index (χ2v) is 8.12. The molecule has 0 aliphatic carbocycles. The number of carboxylic acids is 1. The second-order valence-electron chi connectivity index (χ2n) is 8.12. The summed E-state index contributed by atoms with van der Waals surface area (Å²) in [5, 5.41) is 23.1. The molecule has 0 saturated carbocycles. The molecule has 10 nitrogen and oxygen atoms in total. The van der Waals surface area contributed by atoms with Gasteiger partial charge >= 0.3 is 5.97 Å². The number of nitrogen functional groups attached to an aromatic ring is 1. The fraction of sp³-hybridized carbons (Fsp3) is 0.222. The molecule has 0 spiro atoms. The molecule has 37 heavy (non-hydrogen) atoms. The molecule has 0 radical (unpaired) electrons. The second kappa shape index (κ2) is 12.3. The van der Waals surface area contributed by atoms with E-state index in [1.807, 2.05) is 30.3 Å². The van der Waals surface area contributed by atoms with Crippen LogP contribution in [0.1, 0.15) is 29.7 Å². The van der Waals surface area contributed by atoms with Crippen LogP contribution in [0.2, 0.25) is 0 Å². The lowest BCUT2D eigenvalue weighted by Crippen LogP contribution is -2.34. The Morgan fingerprint density at radius 3 is 2.16 bits per heavy atom. The molecule has 3 rings (SSSR count). The van der Waals surface area contributed by atoms with Crippen molar-refractivity contribution in [1.29, 1.82) is 5.41 Å². The molecular weight excluding hydrogens is 476 g/mol. The summed E-state index contributed by atoms with van der Waals surface area (Å²) in [5.74, 6) is -0.851. The molecule has 0 heterocycles. The predicted molar refractivity (Wildman–Crippen MR) is 139 cm³/mol. The first-order chi connectivity index (χ1) is 17.7. The summed E-state index contributed by atoms with van der Waals surface area (Å²) in [4.78, 5) is 25.1. The smallest absolute Gasteiger partial charge is 0.344 e. The zero-order valence-electron chi connectivity index (χ0n) is 20.8. The number of nitrogens with one attached hydrogen (secondary N) is 3. The Morgan fingerprint density at radius 2 is 1.59 bits per heavy atom. The van der Waals surface area contributed by atoms with Crippen LogP contribution in [0.25, 0.3) is 0 Å². The molecule has 194 valence electrons. The number of amides is 1. The van der Waals surface area contributed by atoms with Crippen LogP contribution >= 0.6 is 0 Å². The first-order valence-electron chi connectivity index (χ1n) is 11.4. The standard InChI is InChI=1S/C27H30N4O6/c1-16(27(33)34)37-21-14-23(36-3)22(35-2)13-20(21)24(26(32)30-15-17-7-5-4-6-8-17)31-19-11-9-18(10-12-19)25(28)29/h4-14,16,24,31H,15H2,1-3H3,(H3,28,29)(H,30,32)(H,33,34)/t16-,24-/m0/s1. The van der Waals surface area contributed by atoms with Gasteiger partial charge in [-0.05, 0) is 42.8 Å². The van der Waals surface area contributed by atoms with Gasteiger partial charge in [0.15, 0.2) is 17.6 Å². The van der Waals surface area contributed by atoms with Crippen molar-refractivity contribution in [3.8, 4) is 17.2 Å². The van der Waals surface area contributed by atoms with Crippen LogP contribution in [0, 0.1) is 5.41 Å². The summed E-state index contributed by atoms with van der Waals surface area (Å²) < 4.78 is 16.5. The van der Waals surface area contributed by atoms with Gasteiger partial charge in [-0.25, -0.2) is 4.79 Å². The van der Waals surface area contributed by atoms with Crippen LogP contribution in [0.4, 0.5) is 5.69 Å². The number of benzene rings is 3. The molecule has 2 atom stereocenters. The highest BCUT2D eigenvalue weighted by molar-refractivity contribution is 5.95. The zero-order chi connectivity index (χ0) is 26.9. The SMILES string of the molecule is COc1cc(O[C@@H](C)C(=O)O)c([C@H](Nc2ccc(C(=N)N)cc2)C(=O)NCc2ccccc2)cc1OC. The maximum absolute atomic E-state index is 13.6. The normalized spacial score (nSPS) is 12.1. The highest BCUT2D eigenvalue weighted by Crippen LogP contribution is 2.39. The number of hydrogen-bond donors (Lipinski definition) is 5. The molecule has 10 heteroatoms. The van der Waals surface area contributed by atoms with Crippen LogP contribution in [-0.2, 0) is 16.1 Å². The van der Waals surface area contributed by atoms with E-state index < -0.39 is 18.1 Å². The van der Waals surface area contributed by atoms with Gasteiger partial charge in [0, 0.05) is 29.4 Å². The van der Waals surface area contributed by atoms with Crippen LogP contribution in [-0.4, -0.2) is 43.1 Å². The van der Waals surface area contributed by atoms with Gasteiger partial charge in [0.25, 0.3) is 0 Å². The molecule has 3 aromatic rings. The first kappa shape index (κ1) is 26.9. The van der Waals surface area contributed by atoms with E-state index in [2.05, 4.69) is 10.6 Å². The topological polar surface area (TPSA) is 156 Å². The number of hydrogen-bond acceptors (Lipinski definition) is 7. The van der Waals surface area contributed by atoms with Gasteiger partial charge in [-0.2, -0.15) is 0 Å². The lowest BCUT2D eigenvalue weighted by molar-refractivity contribution is -0.144. The molecule has 0 unspecified atom stereocenters. The molecule has 0 aliphatic heterocycles. The Labute approximate surface area is 214 Å². The van der Waals surface area contributed by atoms with Gasteiger partial charge in [0.05, 0.1) is 14.2 Å². The summed E-state index contributed by atoms with van der Waals surface area (Å²) in [6.45, 7) is 1.66. The fourth-order valence-corrected chi connectivity index (χ4v) is 3.53. The number of carbonyl (C=O) groups excluding carboxylic acids is 1. The lowest BCUT2D eigenvalue weighted by atomic mass is 10.0. The Bertz CT molecular complexity index is 1250. The van der Waals surface area contributed by atoms with Crippen molar-refractivity contribution < 1.29 is 28.9 Å². The molecule has 0 saturated heterocycles. The van der Waals surface area contributed by atoms with Crippen molar-refractivity contribution >= 4 is 23.4 Å². The fourth-order valence-electron chi connectivity index (χ4n) is 3.53. The third-order valence-electron chi connectivity index (χ3n) is 5.56. The number of anilines is 1. The van der Waals surface area contributed by atoms with Crippen molar-refractivity contribution in [2.75, 3.05) is 19.5 Å². The van der Waals surface area contributed by atoms with Gasteiger partial charge in [0.1, 0.15) is 17.6 Å². The van der Waals surface area contributed by atoms with Crippen molar-refractivity contribution in [1.82, 2.24) is 5.32 Å². The maximum atomic E-state index is 13.6. The predicted octanol–water partition coefficient (Wildman–Crippen LogP) is 3.31. The number of carbonyl (C=O) groups is 2. The minimum atomic E-state index is -1.19. The van der Waals surface area contributed by atoms with E-state index in [1.165, 1.54) is 27.2 Å². The molecule has 0 aliphatic rings. The minimum Gasteiger partial charge on any atom is -0.493 e. The highest BCUT2D eigenvalue weighted by atomic mass is 16.5. The van der Waals surface area contributed by atoms with E-state index in [1.54, 1.807) is 30.3 Å². The number of carboxylic acid groups (broad SMARTS) is 1. The lowest BCUT2D eigenvalue weighted by Gasteiger charge is -2.25. The third kappa shape index (κ3) is 6.91. The molecule has 3 aromatic carbocycles. The van der Waals surface area contributed by atoms with Gasteiger partial charge in [-0.15, -0.1) is 0 Å². The molecule has 0 fully saturated rings. The summed E-state index contributed by atoms with van der Waals surface area (Å²) >= 11 is 0. The average molecular weight is 507 g/mol. The van der Waals surface area contributed by atoms with Gasteiger partial charge in [0.2, 0.25) is 5.91 Å². The summed E-state index contributed by atoms with van der Waals surface area (Å²) in [6, 6.07) is 18.2. The quantitative estimate of drug-likeness (QED) is 0.185. The Hall–Kier alpha value is -4.73. The number of rotatable bonds is 12. The number of nitrogens with two attached hydrogens (primary N) is 1.